The average molecular weight is 440 g/mol. The van der Waals surface area contributed by atoms with E-state index in [1.54, 1.807) is 30.1 Å². The SMILES string of the molecule is Cc1ccc(CSCC(=O)N/N=C/c2ccc(OCC(=O)N3CCCCC3)cc2)cc1. The molecule has 1 fully saturated rings. The second kappa shape index (κ2) is 12.2. The summed E-state index contributed by atoms with van der Waals surface area (Å²) in [5, 5.41) is 4.00. The van der Waals surface area contributed by atoms with Crippen LogP contribution in [-0.2, 0) is 15.3 Å². The molecule has 1 saturated heterocycles. The molecule has 1 aliphatic heterocycles. The first-order chi connectivity index (χ1) is 15.1. The first kappa shape index (κ1) is 22.9. The molecule has 0 radical (unpaired) electrons. The number of thioether (sulfide) groups is 1. The van der Waals surface area contributed by atoms with E-state index < -0.39 is 0 Å². The van der Waals surface area contributed by atoms with Gasteiger partial charge in [-0.15, -0.1) is 11.8 Å². The lowest BCUT2D eigenvalue weighted by atomic mass is 10.1. The van der Waals surface area contributed by atoms with E-state index in [-0.39, 0.29) is 18.4 Å². The van der Waals surface area contributed by atoms with E-state index in [1.165, 1.54) is 17.5 Å². The minimum atomic E-state index is -0.135. The van der Waals surface area contributed by atoms with Gasteiger partial charge in [-0.25, -0.2) is 5.43 Å². The predicted octanol–water partition coefficient (Wildman–Crippen LogP) is 3.77. The Kier molecular flexibility index (Phi) is 8.97. The molecule has 2 aromatic carbocycles. The van der Waals surface area contributed by atoms with E-state index >= 15 is 0 Å². The summed E-state index contributed by atoms with van der Waals surface area (Å²) >= 11 is 1.55. The third-order valence-electron chi connectivity index (χ3n) is 4.98. The zero-order valence-corrected chi connectivity index (χ0v) is 18.7. The molecule has 164 valence electrons. The lowest BCUT2D eigenvalue weighted by Crippen LogP contribution is -2.38. The van der Waals surface area contributed by atoms with E-state index in [9.17, 15) is 9.59 Å². The van der Waals surface area contributed by atoms with Crippen LogP contribution in [0.1, 0.15) is 36.0 Å². The molecule has 1 N–H and O–H groups in total. The normalized spacial score (nSPS) is 13.9. The van der Waals surface area contributed by atoms with Gasteiger partial charge in [0.1, 0.15) is 5.75 Å². The number of hydrazone groups is 1. The fraction of sp³-hybridized carbons (Fsp3) is 0.375. The lowest BCUT2D eigenvalue weighted by Gasteiger charge is -2.26. The summed E-state index contributed by atoms with van der Waals surface area (Å²) in [6.45, 7) is 3.77. The highest BCUT2D eigenvalue weighted by Crippen LogP contribution is 2.14. The van der Waals surface area contributed by atoms with Crippen LogP contribution in [0.4, 0.5) is 0 Å². The molecule has 0 bridgehead atoms. The van der Waals surface area contributed by atoms with Crippen LogP contribution >= 0.6 is 11.8 Å². The highest BCUT2D eigenvalue weighted by Gasteiger charge is 2.16. The van der Waals surface area contributed by atoms with Gasteiger partial charge in [-0.3, -0.25) is 9.59 Å². The number of rotatable bonds is 9. The molecule has 0 spiro atoms. The number of benzene rings is 2. The van der Waals surface area contributed by atoms with E-state index in [4.69, 9.17) is 4.74 Å². The zero-order chi connectivity index (χ0) is 21.9. The van der Waals surface area contributed by atoms with Crippen molar-refractivity contribution >= 4 is 29.8 Å². The predicted molar refractivity (Wildman–Crippen MR) is 125 cm³/mol. The van der Waals surface area contributed by atoms with Gasteiger partial charge in [0, 0.05) is 18.8 Å². The summed E-state index contributed by atoms with van der Waals surface area (Å²) in [6, 6.07) is 15.6. The maximum Gasteiger partial charge on any atom is 0.260 e. The van der Waals surface area contributed by atoms with Crippen LogP contribution in [0.5, 0.6) is 5.75 Å². The number of piperidine rings is 1. The molecule has 1 aliphatic rings. The van der Waals surface area contributed by atoms with Crippen LogP contribution in [0.25, 0.3) is 0 Å². The van der Waals surface area contributed by atoms with Gasteiger partial charge in [-0.05, 0) is 61.6 Å². The van der Waals surface area contributed by atoms with Crippen LogP contribution in [0.2, 0.25) is 0 Å². The number of ether oxygens (including phenoxy) is 1. The molecule has 7 heteroatoms. The molecule has 2 amide bonds. The van der Waals surface area contributed by atoms with E-state index in [0.29, 0.717) is 11.5 Å². The molecule has 0 atom stereocenters. The molecule has 1 heterocycles. The first-order valence-electron chi connectivity index (χ1n) is 10.6. The Balaban J connectivity index is 1.34. The Morgan fingerprint density at radius 3 is 2.48 bits per heavy atom. The molecule has 6 nitrogen and oxygen atoms in total. The number of carbonyl (C=O) groups excluding carboxylic acids is 2. The second-order valence-electron chi connectivity index (χ2n) is 7.57. The Labute approximate surface area is 188 Å². The summed E-state index contributed by atoms with van der Waals surface area (Å²) in [7, 11) is 0. The lowest BCUT2D eigenvalue weighted by molar-refractivity contribution is -0.134. The van der Waals surface area contributed by atoms with Crippen molar-refractivity contribution in [1.29, 1.82) is 0 Å². The van der Waals surface area contributed by atoms with Crippen molar-refractivity contribution in [3.8, 4) is 5.75 Å². The zero-order valence-electron chi connectivity index (χ0n) is 17.9. The Bertz CT molecular complexity index is 876. The number of nitrogens with zero attached hydrogens (tertiary/aromatic N) is 2. The minimum Gasteiger partial charge on any atom is -0.484 e. The van der Waals surface area contributed by atoms with Crippen LogP contribution in [0, 0.1) is 6.92 Å². The molecule has 3 rings (SSSR count). The standard InChI is InChI=1S/C24H29N3O3S/c1-19-5-7-21(8-6-19)17-31-18-23(28)26-25-15-20-9-11-22(12-10-20)30-16-24(29)27-13-3-2-4-14-27/h5-12,15H,2-4,13-14,16-18H2,1H3,(H,26,28)/b25-15+. The highest BCUT2D eigenvalue weighted by molar-refractivity contribution is 7.99. The van der Waals surface area contributed by atoms with E-state index in [2.05, 4.69) is 41.7 Å². The largest absolute Gasteiger partial charge is 0.484 e. The van der Waals surface area contributed by atoms with Crippen molar-refractivity contribution in [3.63, 3.8) is 0 Å². The monoisotopic (exact) mass is 439 g/mol. The maximum absolute atomic E-state index is 12.2. The van der Waals surface area contributed by atoms with Crippen molar-refractivity contribution < 1.29 is 14.3 Å². The Morgan fingerprint density at radius 2 is 1.77 bits per heavy atom. The third-order valence-corrected chi connectivity index (χ3v) is 5.98. The smallest absolute Gasteiger partial charge is 0.260 e. The van der Waals surface area contributed by atoms with E-state index in [0.717, 1.165) is 37.2 Å². The summed E-state index contributed by atoms with van der Waals surface area (Å²) < 4.78 is 5.60. The second-order valence-corrected chi connectivity index (χ2v) is 8.56. The number of hydrogen-bond donors (Lipinski definition) is 1. The number of likely N-dealkylation sites (tertiary alicyclic amines) is 1. The molecule has 0 aliphatic carbocycles. The average Bonchev–Trinajstić information content (AvgIpc) is 2.80. The number of carbonyl (C=O) groups is 2. The van der Waals surface area contributed by atoms with Crippen LogP contribution in [0.15, 0.2) is 53.6 Å². The Hall–Kier alpha value is -2.80. The molecule has 31 heavy (non-hydrogen) atoms. The third kappa shape index (κ3) is 8.09. The Morgan fingerprint density at radius 1 is 1.06 bits per heavy atom. The number of hydrogen-bond acceptors (Lipinski definition) is 5. The number of nitrogens with one attached hydrogen (secondary N) is 1. The van der Waals surface area contributed by atoms with Gasteiger partial charge in [0.2, 0.25) is 5.91 Å². The number of amides is 2. The molecule has 0 unspecified atom stereocenters. The fourth-order valence-electron chi connectivity index (χ4n) is 3.19. The summed E-state index contributed by atoms with van der Waals surface area (Å²) in [6.07, 6.45) is 4.93. The van der Waals surface area contributed by atoms with Crippen LogP contribution < -0.4 is 10.2 Å². The first-order valence-corrected chi connectivity index (χ1v) is 11.7. The van der Waals surface area contributed by atoms with Crippen molar-refractivity contribution in [2.45, 2.75) is 31.9 Å². The topological polar surface area (TPSA) is 71.0 Å². The van der Waals surface area contributed by atoms with Gasteiger partial charge >= 0.3 is 0 Å². The van der Waals surface area contributed by atoms with Gasteiger partial charge in [-0.1, -0.05) is 29.8 Å². The van der Waals surface area contributed by atoms with Gasteiger partial charge in [0.15, 0.2) is 6.61 Å². The minimum absolute atomic E-state index is 0.0355. The fourth-order valence-corrected chi connectivity index (χ4v) is 3.97. The van der Waals surface area contributed by atoms with Crippen molar-refractivity contribution in [2.24, 2.45) is 5.10 Å². The summed E-state index contributed by atoms with van der Waals surface area (Å²) in [5.74, 6) is 1.68. The summed E-state index contributed by atoms with van der Waals surface area (Å²) in [4.78, 5) is 25.9. The van der Waals surface area contributed by atoms with Crippen molar-refractivity contribution in [1.82, 2.24) is 10.3 Å². The molecular formula is C24H29N3O3S. The molecular weight excluding hydrogens is 410 g/mol. The van der Waals surface area contributed by atoms with Crippen LogP contribution in [0.3, 0.4) is 0 Å². The van der Waals surface area contributed by atoms with Gasteiger partial charge in [-0.2, -0.15) is 5.10 Å². The van der Waals surface area contributed by atoms with Gasteiger partial charge in [0.25, 0.3) is 5.91 Å². The van der Waals surface area contributed by atoms with Crippen molar-refractivity contribution in [3.05, 3.63) is 65.2 Å². The van der Waals surface area contributed by atoms with Gasteiger partial charge < -0.3 is 9.64 Å². The number of aryl methyl sites for hydroxylation is 1. The maximum atomic E-state index is 12.2. The molecule has 0 saturated carbocycles. The van der Waals surface area contributed by atoms with Crippen LogP contribution in [-0.4, -0.2) is 48.4 Å². The van der Waals surface area contributed by atoms with Gasteiger partial charge in [0.05, 0.1) is 12.0 Å². The summed E-state index contributed by atoms with van der Waals surface area (Å²) in [5.41, 5.74) is 5.81. The van der Waals surface area contributed by atoms with Crippen molar-refractivity contribution in [2.75, 3.05) is 25.4 Å². The quantitative estimate of drug-likeness (QED) is 0.477. The van der Waals surface area contributed by atoms with E-state index in [1.807, 2.05) is 17.0 Å². The molecule has 2 aromatic rings. The highest BCUT2D eigenvalue weighted by atomic mass is 32.2. The molecule has 0 aromatic heterocycles.